The van der Waals surface area contributed by atoms with E-state index in [1.54, 1.807) is 6.92 Å². The lowest BCUT2D eigenvalue weighted by molar-refractivity contribution is -0.116. The van der Waals surface area contributed by atoms with Gasteiger partial charge in [0, 0.05) is 31.3 Å². The molecule has 0 bridgehead atoms. The number of halogens is 3. The van der Waals surface area contributed by atoms with Crippen molar-refractivity contribution in [1.29, 1.82) is 0 Å². The predicted molar refractivity (Wildman–Crippen MR) is 94.8 cm³/mol. The van der Waals surface area contributed by atoms with Crippen LogP contribution >= 0.6 is 15.9 Å². The summed E-state index contributed by atoms with van der Waals surface area (Å²) in [6.45, 7) is 1.54. The average molecular weight is 428 g/mol. The number of likely N-dealkylation sites (N-methyl/N-ethyl adjacent to an activating group) is 1. The highest BCUT2D eigenvalue weighted by Crippen LogP contribution is 2.20. The van der Waals surface area contributed by atoms with Gasteiger partial charge in [0.05, 0.1) is 0 Å². The molecule has 0 fully saturated rings. The molecule has 26 heavy (non-hydrogen) atoms. The van der Waals surface area contributed by atoms with Crippen molar-refractivity contribution in [2.45, 2.75) is 20.1 Å². The highest BCUT2D eigenvalue weighted by molar-refractivity contribution is 9.10. The number of aryl methyl sites for hydroxylation is 1. The summed E-state index contributed by atoms with van der Waals surface area (Å²) in [5.74, 6) is -1.36. The third-order valence-electron chi connectivity index (χ3n) is 3.46. The van der Waals surface area contributed by atoms with Crippen LogP contribution in [0.25, 0.3) is 0 Å². The van der Waals surface area contributed by atoms with Crippen LogP contribution in [0.1, 0.15) is 11.4 Å². The molecule has 0 aliphatic carbocycles. The maximum atomic E-state index is 13.7. The Kier molecular flexibility index (Phi) is 6.62. The molecule has 0 aliphatic heterocycles. The Labute approximate surface area is 156 Å². The fourth-order valence-corrected chi connectivity index (χ4v) is 2.47. The number of hydrogen-bond donors (Lipinski definition) is 1. The van der Waals surface area contributed by atoms with Gasteiger partial charge < -0.3 is 10.1 Å². The monoisotopic (exact) mass is 427 g/mol. The Morgan fingerprint density at radius 2 is 2.15 bits per heavy atom. The average Bonchev–Trinajstić information content (AvgIpc) is 2.60. The van der Waals surface area contributed by atoms with Gasteiger partial charge in [0.25, 0.3) is 5.56 Å². The molecule has 0 aliphatic rings. The maximum Gasteiger partial charge on any atom is 0.272 e. The molecule has 1 aromatic carbocycles. The Balaban J connectivity index is 2.19. The van der Waals surface area contributed by atoms with E-state index in [9.17, 15) is 18.4 Å². The summed E-state index contributed by atoms with van der Waals surface area (Å²) in [6.07, 6.45) is 2.83. The van der Waals surface area contributed by atoms with Gasteiger partial charge >= 0.3 is 0 Å². The van der Waals surface area contributed by atoms with Crippen molar-refractivity contribution in [2.75, 3.05) is 7.05 Å². The van der Waals surface area contributed by atoms with Crippen molar-refractivity contribution in [2.24, 2.45) is 0 Å². The molecule has 1 N–H and O–H groups in total. The second kappa shape index (κ2) is 8.70. The van der Waals surface area contributed by atoms with Crippen molar-refractivity contribution in [3.05, 3.63) is 68.2 Å². The fourth-order valence-electron chi connectivity index (χ4n) is 2.06. The summed E-state index contributed by atoms with van der Waals surface area (Å²) in [6, 6.07) is 3.13. The molecular weight excluding hydrogens is 412 g/mol. The summed E-state index contributed by atoms with van der Waals surface area (Å²) < 4.78 is 33.4. The SMILES string of the molecule is CNC(=O)/C=C/Cn1c(C)nc(OCc2ccc(F)cc2F)c(Br)c1=O. The number of hydrogen-bond acceptors (Lipinski definition) is 4. The number of aromatic nitrogens is 2. The molecule has 9 heteroatoms. The number of amides is 1. The maximum absolute atomic E-state index is 13.7. The normalized spacial score (nSPS) is 11.0. The van der Waals surface area contributed by atoms with E-state index in [-0.39, 0.29) is 35.0 Å². The number of nitrogens with zero attached hydrogens (tertiary/aromatic N) is 2. The number of carbonyl (C=O) groups excluding carboxylic acids is 1. The molecule has 0 saturated heterocycles. The van der Waals surface area contributed by atoms with Gasteiger partial charge in [0.2, 0.25) is 11.8 Å². The molecule has 1 aromatic heterocycles. The number of allylic oxidation sites excluding steroid dienone is 1. The lowest BCUT2D eigenvalue weighted by Gasteiger charge is -2.12. The van der Waals surface area contributed by atoms with E-state index in [0.717, 1.165) is 12.1 Å². The van der Waals surface area contributed by atoms with E-state index >= 15 is 0 Å². The smallest absolute Gasteiger partial charge is 0.272 e. The van der Waals surface area contributed by atoms with Gasteiger partial charge in [-0.05, 0) is 35.0 Å². The van der Waals surface area contributed by atoms with Crippen molar-refractivity contribution < 1.29 is 18.3 Å². The summed E-state index contributed by atoms with van der Waals surface area (Å²) in [5, 5.41) is 2.43. The van der Waals surface area contributed by atoms with Crippen molar-refractivity contribution in [3.8, 4) is 5.88 Å². The van der Waals surface area contributed by atoms with E-state index in [2.05, 4.69) is 26.2 Å². The minimum atomic E-state index is -0.745. The second-order valence-corrected chi connectivity index (χ2v) is 6.03. The Morgan fingerprint density at radius 1 is 1.42 bits per heavy atom. The van der Waals surface area contributed by atoms with Gasteiger partial charge in [-0.2, -0.15) is 4.98 Å². The zero-order valence-electron chi connectivity index (χ0n) is 14.1. The van der Waals surface area contributed by atoms with E-state index < -0.39 is 17.2 Å². The zero-order chi connectivity index (χ0) is 19.3. The van der Waals surface area contributed by atoms with Crippen LogP contribution in [-0.4, -0.2) is 22.5 Å². The van der Waals surface area contributed by atoms with Gasteiger partial charge in [-0.15, -0.1) is 0 Å². The topological polar surface area (TPSA) is 73.2 Å². The summed E-state index contributed by atoms with van der Waals surface area (Å²) >= 11 is 3.13. The molecule has 0 spiro atoms. The minimum Gasteiger partial charge on any atom is -0.472 e. The van der Waals surface area contributed by atoms with Crippen molar-refractivity contribution in [1.82, 2.24) is 14.9 Å². The zero-order valence-corrected chi connectivity index (χ0v) is 15.6. The predicted octanol–water partition coefficient (Wildman–Crippen LogP) is 2.47. The first kappa shape index (κ1) is 19.8. The third kappa shape index (κ3) is 4.75. The number of benzene rings is 1. The van der Waals surface area contributed by atoms with Crippen LogP contribution in [0.5, 0.6) is 5.88 Å². The Hall–Kier alpha value is -2.55. The van der Waals surface area contributed by atoms with Crippen LogP contribution in [0.4, 0.5) is 8.78 Å². The van der Waals surface area contributed by atoms with E-state index in [4.69, 9.17) is 4.74 Å². The molecular formula is C17H16BrF2N3O3. The molecule has 0 radical (unpaired) electrons. The van der Waals surface area contributed by atoms with Gasteiger partial charge in [0.1, 0.15) is 28.5 Å². The fraction of sp³-hybridized carbons (Fsp3) is 0.235. The van der Waals surface area contributed by atoms with E-state index in [1.165, 1.54) is 29.8 Å². The molecule has 6 nitrogen and oxygen atoms in total. The van der Waals surface area contributed by atoms with Crippen LogP contribution in [0.2, 0.25) is 0 Å². The highest BCUT2D eigenvalue weighted by atomic mass is 79.9. The van der Waals surface area contributed by atoms with Crippen molar-refractivity contribution in [3.63, 3.8) is 0 Å². The second-order valence-electron chi connectivity index (χ2n) is 5.23. The van der Waals surface area contributed by atoms with Gasteiger partial charge in [-0.1, -0.05) is 6.08 Å². The van der Waals surface area contributed by atoms with Crippen LogP contribution in [0, 0.1) is 18.6 Å². The summed E-state index contributed by atoms with van der Waals surface area (Å²) in [7, 11) is 1.50. The number of nitrogens with one attached hydrogen (secondary N) is 1. The van der Waals surface area contributed by atoms with E-state index in [0.29, 0.717) is 5.82 Å². The molecule has 2 rings (SSSR count). The number of rotatable bonds is 6. The first-order chi connectivity index (χ1) is 12.3. The number of ether oxygens (including phenoxy) is 1. The van der Waals surface area contributed by atoms with Gasteiger partial charge in [-0.3, -0.25) is 14.2 Å². The first-order valence-corrected chi connectivity index (χ1v) is 8.34. The van der Waals surface area contributed by atoms with Crippen LogP contribution in [-0.2, 0) is 17.9 Å². The highest BCUT2D eigenvalue weighted by Gasteiger charge is 2.14. The molecule has 2 aromatic rings. The quantitative estimate of drug-likeness (QED) is 0.718. The minimum absolute atomic E-state index is 0.00255. The molecule has 0 saturated carbocycles. The van der Waals surface area contributed by atoms with Crippen LogP contribution in [0.3, 0.4) is 0 Å². The van der Waals surface area contributed by atoms with E-state index in [1.807, 2.05) is 0 Å². The standard InChI is InChI=1S/C17H16BrF2N3O3/c1-10-22-16(26-9-11-5-6-12(19)8-13(11)20)15(18)17(25)23(10)7-3-4-14(24)21-2/h3-6,8H,7,9H2,1-2H3,(H,21,24)/b4-3+. The lowest BCUT2D eigenvalue weighted by Crippen LogP contribution is -2.25. The first-order valence-electron chi connectivity index (χ1n) is 7.55. The molecule has 1 heterocycles. The van der Waals surface area contributed by atoms with Gasteiger partial charge in [0.15, 0.2) is 0 Å². The summed E-state index contributed by atoms with van der Waals surface area (Å²) in [5.41, 5.74) is -0.274. The molecule has 0 atom stereocenters. The summed E-state index contributed by atoms with van der Waals surface area (Å²) in [4.78, 5) is 27.8. The van der Waals surface area contributed by atoms with Crippen molar-refractivity contribution >= 4 is 21.8 Å². The largest absolute Gasteiger partial charge is 0.472 e. The van der Waals surface area contributed by atoms with Crippen LogP contribution < -0.4 is 15.6 Å². The van der Waals surface area contributed by atoms with Crippen LogP contribution in [0.15, 0.2) is 39.6 Å². The molecule has 138 valence electrons. The third-order valence-corrected chi connectivity index (χ3v) is 4.14. The molecule has 1 amide bonds. The lowest BCUT2D eigenvalue weighted by atomic mass is 10.2. The van der Waals surface area contributed by atoms with Gasteiger partial charge in [-0.25, -0.2) is 8.78 Å². The Bertz CT molecular complexity index is 913. The number of carbonyl (C=O) groups is 1. The Morgan fingerprint density at radius 3 is 2.81 bits per heavy atom. The molecule has 0 unspecified atom stereocenters.